The van der Waals surface area contributed by atoms with Crippen LogP contribution >= 0.6 is 11.8 Å². The predicted octanol–water partition coefficient (Wildman–Crippen LogP) is 1.91. The average molecular weight is 171 g/mol. The zero-order valence-corrected chi connectivity index (χ0v) is 7.94. The molecule has 0 aromatic carbocycles. The van der Waals surface area contributed by atoms with Crippen LogP contribution in [0.25, 0.3) is 0 Å². The molecule has 3 heteroatoms. The van der Waals surface area contributed by atoms with Gasteiger partial charge in [-0.05, 0) is 12.7 Å². The van der Waals surface area contributed by atoms with Crippen molar-refractivity contribution >= 4 is 23.1 Å². The van der Waals surface area contributed by atoms with Gasteiger partial charge < -0.3 is 0 Å². The summed E-state index contributed by atoms with van der Waals surface area (Å²) in [6.45, 7) is 3.80. The molecule has 0 unspecified atom stereocenters. The minimum Gasteiger partial charge on any atom is -0.296 e. The summed E-state index contributed by atoms with van der Waals surface area (Å²) >= 11 is 1.31. The van der Waals surface area contributed by atoms with E-state index in [0.717, 1.165) is 5.75 Å². The van der Waals surface area contributed by atoms with Crippen molar-refractivity contribution in [3.63, 3.8) is 0 Å². The van der Waals surface area contributed by atoms with Crippen molar-refractivity contribution in [3.05, 3.63) is 11.6 Å². The molecule has 0 aliphatic carbocycles. The van der Waals surface area contributed by atoms with Crippen molar-refractivity contribution < 1.29 is 4.79 Å². The minimum atomic E-state index is 0.0978. The first kappa shape index (κ1) is 10.4. The Hall–Kier alpha value is -0.570. The molecule has 0 heterocycles. The third kappa shape index (κ3) is 3.98. The number of hydrogen-bond donors (Lipinski definition) is 0. The quantitative estimate of drug-likeness (QED) is 0.479. The molecular formula is C8H13NOS. The van der Waals surface area contributed by atoms with E-state index >= 15 is 0 Å². The molecule has 62 valence electrons. The topological polar surface area (TPSA) is 29.4 Å². The summed E-state index contributed by atoms with van der Waals surface area (Å²) in [4.78, 5) is 15.0. The zero-order valence-electron chi connectivity index (χ0n) is 7.13. The number of nitrogens with zero attached hydrogens (tertiary/aromatic N) is 1. The Kier molecular flexibility index (Phi) is 5.84. The summed E-state index contributed by atoms with van der Waals surface area (Å²) < 4.78 is 0. The smallest absolute Gasteiger partial charge is 0.220 e. The van der Waals surface area contributed by atoms with E-state index in [4.69, 9.17) is 0 Å². The first-order valence-electron chi connectivity index (χ1n) is 3.51. The Bertz CT molecular complexity index is 185. The number of allylic oxidation sites excluding steroid dienone is 1. The monoisotopic (exact) mass is 171 g/mol. The summed E-state index contributed by atoms with van der Waals surface area (Å²) in [5.41, 5.74) is 0.680. The van der Waals surface area contributed by atoms with Crippen LogP contribution in [0.4, 0.5) is 0 Å². The Balaban J connectivity index is 4.16. The lowest BCUT2D eigenvalue weighted by Gasteiger charge is -1.95. The molecular weight excluding hydrogens is 158 g/mol. The van der Waals surface area contributed by atoms with Gasteiger partial charge in [-0.25, -0.2) is 0 Å². The van der Waals surface area contributed by atoms with Gasteiger partial charge in [0.25, 0.3) is 0 Å². The van der Waals surface area contributed by atoms with Crippen molar-refractivity contribution in [2.45, 2.75) is 13.8 Å². The fraction of sp³-hybridized carbons (Fsp3) is 0.500. The molecule has 0 radical (unpaired) electrons. The lowest BCUT2D eigenvalue weighted by Crippen LogP contribution is -1.98. The van der Waals surface area contributed by atoms with Gasteiger partial charge in [0.2, 0.25) is 5.12 Å². The minimum absolute atomic E-state index is 0.0978. The molecule has 0 saturated carbocycles. The Morgan fingerprint density at radius 2 is 2.27 bits per heavy atom. The molecule has 0 amide bonds. The molecule has 0 aromatic heterocycles. The van der Waals surface area contributed by atoms with Crippen LogP contribution in [-0.4, -0.2) is 24.1 Å². The van der Waals surface area contributed by atoms with E-state index in [-0.39, 0.29) is 5.12 Å². The molecule has 0 saturated heterocycles. The molecule has 0 aliphatic rings. The van der Waals surface area contributed by atoms with Gasteiger partial charge in [0.05, 0.1) is 0 Å². The molecule has 0 atom stereocenters. The van der Waals surface area contributed by atoms with Gasteiger partial charge in [-0.2, -0.15) is 0 Å². The van der Waals surface area contributed by atoms with E-state index in [2.05, 4.69) is 4.99 Å². The highest BCUT2D eigenvalue weighted by atomic mass is 32.2. The average Bonchev–Trinajstić information content (AvgIpc) is 2.00. The number of thioether (sulfide) groups is 1. The maximum absolute atomic E-state index is 11.2. The molecule has 0 spiro atoms. The fourth-order valence-corrected chi connectivity index (χ4v) is 1.20. The number of hydrogen-bond acceptors (Lipinski definition) is 3. The summed E-state index contributed by atoms with van der Waals surface area (Å²) in [7, 11) is 1.66. The van der Waals surface area contributed by atoms with Gasteiger partial charge in [-0.15, -0.1) is 0 Å². The van der Waals surface area contributed by atoms with Gasteiger partial charge in [0.15, 0.2) is 0 Å². The van der Waals surface area contributed by atoms with Gasteiger partial charge in [0, 0.05) is 18.8 Å². The summed E-state index contributed by atoms with van der Waals surface area (Å²) in [6, 6.07) is 0. The van der Waals surface area contributed by atoms with Crippen LogP contribution in [0.3, 0.4) is 0 Å². The van der Waals surface area contributed by atoms with Crippen molar-refractivity contribution in [1.82, 2.24) is 0 Å². The number of aliphatic imine (C=N–C) groups is 1. The van der Waals surface area contributed by atoms with E-state index < -0.39 is 0 Å². The summed E-state index contributed by atoms with van der Waals surface area (Å²) in [5, 5.41) is 0.0978. The molecule has 2 nitrogen and oxygen atoms in total. The van der Waals surface area contributed by atoms with Gasteiger partial charge in [-0.1, -0.05) is 24.8 Å². The van der Waals surface area contributed by atoms with Crippen LogP contribution in [0.15, 0.2) is 16.6 Å². The summed E-state index contributed by atoms with van der Waals surface area (Å²) in [6.07, 6.45) is 3.36. The third-order valence-corrected chi connectivity index (χ3v) is 1.88. The van der Waals surface area contributed by atoms with Gasteiger partial charge in [-0.3, -0.25) is 9.79 Å². The molecule has 0 aromatic rings. The maximum atomic E-state index is 11.2. The van der Waals surface area contributed by atoms with Gasteiger partial charge in [0.1, 0.15) is 0 Å². The third-order valence-electron chi connectivity index (χ3n) is 1.09. The summed E-state index contributed by atoms with van der Waals surface area (Å²) in [5.74, 6) is 0.813. The maximum Gasteiger partial charge on any atom is 0.220 e. The number of carbonyl (C=O) groups is 1. The number of rotatable bonds is 3. The number of carbonyl (C=O) groups excluding carboxylic acids is 1. The fourth-order valence-electron chi connectivity index (χ4n) is 0.599. The second-order valence-corrected chi connectivity index (χ2v) is 3.09. The largest absolute Gasteiger partial charge is 0.296 e. The standard InChI is InChI=1S/C8H13NOS/c1-4-7(6-9-3)8(10)11-5-2/h4,6H,5H2,1-3H3/b7-4+,9-6?. The van der Waals surface area contributed by atoms with E-state index in [0.29, 0.717) is 5.57 Å². The van der Waals surface area contributed by atoms with Crippen LogP contribution < -0.4 is 0 Å². The SMILES string of the molecule is C/C=C(\C=NC)C(=O)SCC. The Labute approximate surface area is 71.8 Å². The Morgan fingerprint density at radius 1 is 1.64 bits per heavy atom. The van der Waals surface area contributed by atoms with Crippen LogP contribution in [0.2, 0.25) is 0 Å². The van der Waals surface area contributed by atoms with E-state index in [9.17, 15) is 4.79 Å². The van der Waals surface area contributed by atoms with Gasteiger partial charge >= 0.3 is 0 Å². The molecule has 11 heavy (non-hydrogen) atoms. The van der Waals surface area contributed by atoms with Crippen LogP contribution in [-0.2, 0) is 4.79 Å². The Morgan fingerprint density at radius 3 is 2.64 bits per heavy atom. The van der Waals surface area contributed by atoms with E-state index in [1.807, 2.05) is 13.8 Å². The first-order valence-corrected chi connectivity index (χ1v) is 4.50. The van der Waals surface area contributed by atoms with Crippen molar-refractivity contribution in [2.24, 2.45) is 4.99 Å². The molecule has 0 rings (SSSR count). The lowest BCUT2D eigenvalue weighted by molar-refractivity contribution is -0.107. The lowest BCUT2D eigenvalue weighted by atomic mass is 10.3. The van der Waals surface area contributed by atoms with E-state index in [1.54, 1.807) is 19.3 Å². The normalized spacial score (nSPS) is 12.5. The second kappa shape index (κ2) is 6.16. The van der Waals surface area contributed by atoms with Crippen LogP contribution in [0.5, 0.6) is 0 Å². The van der Waals surface area contributed by atoms with Crippen molar-refractivity contribution in [3.8, 4) is 0 Å². The van der Waals surface area contributed by atoms with Crippen LogP contribution in [0, 0.1) is 0 Å². The van der Waals surface area contributed by atoms with E-state index in [1.165, 1.54) is 11.8 Å². The highest BCUT2D eigenvalue weighted by Crippen LogP contribution is 2.07. The zero-order chi connectivity index (χ0) is 8.69. The molecule has 0 N–H and O–H groups in total. The van der Waals surface area contributed by atoms with Crippen LogP contribution in [0.1, 0.15) is 13.8 Å². The molecule has 0 aliphatic heterocycles. The van der Waals surface area contributed by atoms with Crippen molar-refractivity contribution in [2.75, 3.05) is 12.8 Å². The predicted molar refractivity (Wildman–Crippen MR) is 51.3 cm³/mol. The highest BCUT2D eigenvalue weighted by Gasteiger charge is 2.03. The molecule has 0 fully saturated rings. The van der Waals surface area contributed by atoms with Crippen molar-refractivity contribution in [1.29, 1.82) is 0 Å². The second-order valence-electron chi connectivity index (χ2n) is 1.85. The highest BCUT2D eigenvalue weighted by molar-refractivity contribution is 8.14. The molecule has 0 bridgehead atoms. The first-order chi connectivity index (χ1) is 5.26.